The Labute approximate surface area is 186 Å². The van der Waals surface area contributed by atoms with E-state index in [1.54, 1.807) is 26.2 Å². The second-order valence-electron chi connectivity index (χ2n) is 8.89. The lowest BCUT2D eigenvalue weighted by atomic mass is 9.93. The molecule has 5 rings (SSSR count). The Morgan fingerprint density at radius 3 is 2.66 bits per heavy atom. The summed E-state index contributed by atoms with van der Waals surface area (Å²) in [6, 6.07) is 13.4. The average Bonchev–Trinajstić information content (AvgIpc) is 3.41. The summed E-state index contributed by atoms with van der Waals surface area (Å²) < 4.78 is 21.4. The molecule has 1 atom stereocenters. The predicted molar refractivity (Wildman–Crippen MR) is 121 cm³/mol. The first kappa shape index (κ1) is 20.5. The molecule has 2 amide bonds. The highest BCUT2D eigenvalue weighted by molar-refractivity contribution is 6.14. The number of halogens is 1. The van der Waals surface area contributed by atoms with E-state index in [1.807, 2.05) is 28.8 Å². The van der Waals surface area contributed by atoms with E-state index in [-0.39, 0.29) is 24.4 Å². The minimum Gasteiger partial charge on any atom is -0.497 e. The van der Waals surface area contributed by atoms with Crippen LogP contribution >= 0.6 is 0 Å². The van der Waals surface area contributed by atoms with Crippen molar-refractivity contribution in [1.82, 2.24) is 9.88 Å². The molecule has 0 unspecified atom stereocenters. The van der Waals surface area contributed by atoms with E-state index in [4.69, 9.17) is 4.74 Å². The van der Waals surface area contributed by atoms with Gasteiger partial charge in [0.05, 0.1) is 19.2 Å². The summed E-state index contributed by atoms with van der Waals surface area (Å²) in [4.78, 5) is 28.9. The number of ether oxygens (including phenoxy) is 1. The third-order valence-corrected chi connectivity index (χ3v) is 6.74. The van der Waals surface area contributed by atoms with E-state index in [9.17, 15) is 14.0 Å². The van der Waals surface area contributed by atoms with Gasteiger partial charge in [-0.15, -0.1) is 0 Å². The monoisotopic (exact) mass is 435 g/mol. The van der Waals surface area contributed by atoms with E-state index in [0.29, 0.717) is 17.1 Å². The maximum atomic E-state index is 14.1. The van der Waals surface area contributed by atoms with E-state index >= 15 is 0 Å². The second kappa shape index (κ2) is 7.65. The maximum Gasteiger partial charge on any atom is 0.275 e. The van der Waals surface area contributed by atoms with Gasteiger partial charge in [-0.05, 0) is 56.2 Å². The van der Waals surface area contributed by atoms with Gasteiger partial charge in [0.15, 0.2) is 0 Å². The van der Waals surface area contributed by atoms with Gasteiger partial charge >= 0.3 is 0 Å². The van der Waals surface area contributed by atoms with Crippen molar-refractivity contribution in [2.24, 2.45) is 0 Å². The summed E-state index contributed by atoms with van der Waals surface area (Å²) in [6.07, 6.45) is 4.04. The number of carbonyl (C=O) groups is 2. The van der Waals surface area contributed by atoms with Crippen molar-refractivity contribution in [3.8, 4) is 5.75 Å². The Balaban J connectivity index is 1.65. The molecule has 0 bridgehead atoms. The molecule has 0 spiro atoms. The molecule has 2 aromatic carbocycles. The molecular weight excluding hydrogens is 409 g/mol. The lowest BCUT2D eigenvalue weighted by molar-refractivity contribution is -0.127. The largest absolute Gasteiger partial charge is 0.497 e. The maximum absolute atomic E-state index is 14.1. The fourth-order valence-corrected chi connectivity index (χ4v) is 5.03. The number of methoxy groups -OCH3 is 1. The van der Waals surface area contributed by atoms with Crippen molar-refractivity contribution < 1.29 is 18.7 Å². The quantitative estimate of drug-likeness (QED) is 0.666. The third-order valence-electron chi connectivity index (χ3n) is 6.74. The van der Waals surface area contributed by atoms with Crippen LogP contribution in [0.2, 0.25) is 0 Å². The van der Waals surface area contributed by atoms with Crippen LogP contribution in [0.3, 0.4) is 0 Å². The Hall–Kier alpha value is -3.35. The zero-order valence-electron chi connectivity index (χ0n) is 18.2. The zero-order valence-corrected chi connectivity index (χ0v) is 18.2. The second-order valence-corrected chi connectivity index (χ2v) is 8.89. The number of fused-ring (bicyclic) bond motifs is 3. The average molecular weight is 435 g/mol. The molecule has 166 valence electrons. The van der Waals surface area contributed by atoms with Crippen molar-refractivity contribution in [2.75, 3.05) is 12.0 Å². The highest BCUT2D eigenvalue weighted by Crippen LogP contribution is 2.37. The number of carbonyl (C=O) groups excluding carboxylic acids is 2. The van der Waals surface area contributed by atoms with Crippen LogP contribution in [0.4, 0.5) is 10.1 Å². The Morgan fingerprint density at radius 2 is 1.94 bits per heavy atom. The highest BCUT2D eigenvalue weighted by Gasteiger charge is 2.49. The van der Waals surface area contributed by atoms with Crippen LogP contribution in [-0.2, 0) is 11.3 Å². The number of nitrogens with zero attached hydrogens (tertiary/aromatic N) is 2. The molecule has 1 N–H and O–H groups in total. The minimum absolute atomic E-state index is 0.103. The summed E-state index contributed by atoms with van der Waals surface area (Å²) in [5, 5.41) is 4.04. The van der Waals surface area contributed by atoms with Crippen molar-refractivity contribution in [3.05, 3.63) is 60.0 Å². The summed E-state index contributed by atoms with van der Waals surface area (Å²) in [6.45, 7) is 2.01. The molecule has 3 aromatic rings. The number of rotatable bonds is 4. The van der Waals surface area contributed by atoms with Gasteiger partial charge in [0.2, 0.25) is 5.91 Å². The van der Waals surface area contributed by atoms with Gasteiger partial charge in [0.1, 0.15) is 22.8 Å². The molecule has 6 nitrogen and oxygen atoms in total. The van der Waals surface area contributed by atoms with Gasteiger partial charge in [-0.3, -0.25) is 14.5 Å². The fourth-order valence-electron chi connectivity index (χ4n) is 5.03. The zero-order chi connectivity index (χ0) is 22.5. The van der Waals surface area contributed by atoms with E-state index in [2.05, 4.69) is 5.32 Å². The number of nitrogens with one attached hydrogen (secondary N) is 1. The summed E-state index contributed by atoms with van der Waals surface area (Å²) in [5.74, 6) is -0.335. The molecular formula is C25H26FN3O3. The fraction of sp³-hybridized carbons (Fsp3) is 0.360. The lowest BCUT2D eigenvalue weighted by Crippen LogP contribution is -2.65. The molecule has 1 aliphatic carbocycles. The Morgan fingerprint density at radius 1 is 1.16 bits per heavy atom. The van der Waals surface area contributed by atoms with Crippen LogP contribution in [0, 0.1) is 5.82 Å². The number of hydrogen-bond acceptors (Lipinski definition) is 3. The van der Waals surface area contributed by atoms with Gasteiger partial charge in [-0.2, -0.15) is 0 Å². The van der Waals surface area contributed by atoms with Crippen LogP contribution in [0.5, 0.6) is 5.75 Å². The minimum atomic E-state index is -1.23. The Bertz CT molecular complexity index is 1210. The molecule has 0 saturated heterocycles. The highest BCUT2D eigenvalue weighted by atomic mass is 19.1. The first-order chi connectivity index (χ1) is 15.4. The first-order valence-corrected chi connectivity index (χ1v) is 11.0. The number of aromatic nitrogens is 1. The van der Waals surface area contributed by atoms with Crippen molar-refractivity contribution in [2.45, 2.75) is 50.7 Å². The summed E-state index contributed by atoms with van der Waals surface area (Å²) in [7, 11) is 1.59. The van der Waals surface area contributed by atoms with Gasteiger partial charge in [0.25, 0.3) is 5.91 Å². The molecule has 0 radical (unpaired) electrons. The summed E-state index contributed by atoms with van der Waals surface area (Å²) >= 11 is 0. The first-order valence-electron chi connectivity index (χ1n) is 11.0. The predicted octanol–water partition coefficient (Wildman–Crippen LogP) is 4.27. The molecule has 32 heavy (non-hydrogen) atoms. The lowest BCUT2D eigenvalue weighted by Gasteiger charge is -2.44. The van der Waals surface area contributed by atoms with E-state index in [1.165, 1.54) is 17.0 Å². The van der Waals surface area contributed by atoms with Gasteiger partial charge in [-0.25, -0.2) is 4.39 Å². The van der Waals surface area contributed by atoms with Crippen LogP contribution < -0.4 is 15.0 Å². The number of amides is 2. The van der Waals surface area contributed by atoms with Crippen LogP contribution in [0.1, 0.15) is 43.1 Å². The van der Waals surface area contributed by atoms with E-state index in [0.717, 1.165) is 36.6 Å². The van der Waals surface area contributed by atoms with Gasteiger partial charge < -0.3 is 14.6 Å². The van der Waals surface area contributed by atoms with Crippen LogP contribution in [-0.4, -0.2) is 35.1 Å². The van der Waals surface area contributed by atoms with Gasteiger partial charge in [0, 0.05) is 23.2 Å². The van der Waals surface area contributed by atoms with Crippen molar-refractivity contribution >= 4 is 28.4 Å². The van der Waals surface area contributed by atoms with Crippen molar-refractivity contribution in [3.63, 3.8) is 0 Å². The SMILES string of the molecule is COc1ccc2cc3n(c2c1)C[C@](C)(C(=O)NC1CCCC1)N(c1cccc(F)c1)C3=O. The number of anilines is 1. The molecule has 1 saturated carbocycles. The number of hydrogen-bond donors (Lipinski definition) is 1. The Kier molecular flexibility index (Phi) is 4.92. The smallest absolute Gasteiger partial charge is 0.275 e. The van der Waals surface area contributed by atoms with Crippen LogP contribution in [0.15, 0.2) is 48.5 Å². The molecule has 1 fully saturated rings. The normalized spacial score (nSPS) is 21.1. The van der Waals surface area contributed by atoms with Crippen LogP contribution in [0.25, 0.3) is 10.9 Å². The standard InChI is InChI=1S/C25H26FN3O3/c1-25(24(31)27-18-7-3-4-8-18)15-28-21-14-20(32-2)11-10-16(21)12-22(28)23(30)29(25)19-9-5-6-17(26)13-19/h5-6,9-14,18H,3-4,7-8,15H2,1-2H3,(H,27,31)/t25-/m1/s1. The molecule has 2 heterocycles. The molecule has 7 heteroatoms. The van der Waals surface area contributed by atoms with Gasteiger partial charge in [-0.1, -0.05) is 18.9 Å². The molecule has 1 aliphatic heterocycles. The topological polar surface area (TPSA) is 63.6 Å². The third kappa shape index (κ3) is 3.23. The molecule has 1 aromatic heterocycles. The number of benzene rings is 2. The van der Waals surface area contributed by atoms with E-state index < -0.39 is 11.4 Å². The summed E-state index contributed by atoms with van der Waals surface area (Å²) in [5.41, 5.74) is 0.429. The molecule has 2 aliphatic rings. The van der Waals surface area contributed by atoms with Crippen molar-refractivity contribution in [1.29, 1.82) is 0 Å².